The van der Waals surface area contributed by atoms with Crippen LogP contribution in [0.15, 0.2) is 12.1 Å². The van der Waals surface area contributed by atoms with Crippen LogP contribution in [0, 0.1) is 12.8 Å². The van der Waals surface area contributed by atoms with Crippen LogP contribution in [0.2, 0.25) is 5.02 Å². The van der Waals surface area contributed by atoms with Gasteiger partial charge in [0.25, 0.3) is 0 Å². The van der Waals surface area contributed by atoms with Gasteiger partial charge in [-0.25, -0.2) is 4.79 Å². The molecule has 1 atom stereocenters. The molecule has 0 heterocycles. The number of hydrogen-bond acceptors (Lipinski definition) is 3. The van der Waals surface area contributed by atoms with Crippen molar-refractivity contribution < 1.29 is 14.6 Å². The molecule has 1 saturated carbocycles. The van der Waals surface area contributed by atoms with Gasteiger partial charge in [-0.3, -0.25) is 0 Å². The average Bonchev–Trinajstić information content (AvgIpc) is 3.10. The Kier molecular flexibility index (Phi) is 3.25. The van der Waals surface area contributed by atoms with Crippen molar-refractivity contribution in [1.82, 2.24) is 0 Å². The van der Waals surface area contributed by atoms with Crippen LogP contribution >= 0.6 is 11.6 Å². The smallest absolute Gasteiger partial charge is 0.328 e. The molecule has 1 aromatic carbocycles. The molecule has 3 N–H and O–H groups in total. The summed E-state index contributed by atoms with van der Waals surface area (Å²) in [5.74, 6) is -0.581. The number of hydrogen-bond donors (Lipinski definition) is 2. The van der Waals surface area contributed by atoms with Crippen LogP contribution in [-0.4, -0.2) is 18.2 Å². The van der Waals surface area contributed by atoms with Crippen molar-refractivity contribution >= 4 is 17.6 Å². The molecule has 0 saturated heterocycles. The molecule has 1 aromatic rings. The Bertz CT molecular complexity index is 499. The van der Waals surface area contributed by atoms with Crippen LogP contribution in [0.4, 0.5) is 0 Å². The maximum absolute atomic E-state index is 11.6. The third-order valence-corrected chi connectivity index (χ3v) is 3.68. The minimum Gasteiger partial charge on any atom is -0.496 e. The number of carbonyl (C=O) groups is 1. The van der Waals surface area contributed by atoms with E-state index in [0.29, 0.717) is 16.3 Å². The fraction of sp³-hybridized carbons (Fsp3) is 0.462. The van der Waals surface area contributed by atoms with E-state index in [9.17, 15) is 9.90 Å². The lowest BCUT2D eigenvalue weighted by atomic mass is 9.84. The van der Waals surface area contributed by atoms with Gasteiger partial charge in [0.1, 0.15) is 11.3 Å². The van der Waals surface area contributed by atoms with E-state index in [4.69, 9.17) is 22.1 Å². The first-order valence-corrected chi connectivity index (χ1v) is 6.16. The van der Waals surface area contributed by atoms with E-state index >= 15 is 0 Å². The lowest BCUT2D eigenvalue weighted by Crippen LogP contribution is -2.47. The van der Waals surface area contributed by atoms with E-state index in [2.05, 4.69) is 0 Å². The van der Waals surface area contributed by atoms with E-state index in [0.717, 1.165) is 18.4 Å². The zero-order valence-electron chi connectivity index (χ0n) is 10.4. The maximum Gasteiger partial charge on any atom is 0.328 e. The molecule has 1 aliphatic rings. The largest absolute Gasteiger partial charge is 0.496 e. The summed E-state index contributed by atoms with van der Waals surface area (Å²) < 4.78 is 5.30. The van der Waals surface area contributed by atoms with Crippen LogP contribution in [0.5, 0.6) is 5.75 Å². The number of aryl methyl sites for hydroxylation is 1. The Labute approximate surface area is 111 Å². The predicted octanol–water partition coefficient (Wildman–Crippen LogP) is 2.31. The minimum absolute atomic E-state index is 0.0539. The SMILES string of the molecule is COc1c(C)cc(Cl)cc1C(N)(C(=O)O)C1CC1. The summed E-state index contributed by atoms with van der Waals surface area (Å²) in [4.78, 5) is 11.6. The molecule has 18 heavy (non-hydrogen) atoms. The zero-order valence-corrected chi connectivity index (χ0v) is 11.1. The molecule has 0 aliphatic heterocycles. The van der Waals surface area contributed by atoms with Gasteiger partial charge in [-0.05, 0) is 43.4 Å². The van der Waals surface area contributed by atoms with Crippen LogP contribution in [-0.2, 0) is 10.3 Å². The van der Waals surface area contributed by atoms with E-state index < -0.39 is 11.5 Å². The molecule has 2 rings (SSSR count). The second kappa shape index (κ2) is 4.44. The highest BCUT2D eigenvalue weighted by molar-refractivity contribution is 6.30. The monoisotopic (exact) mass is 269 g/mol. The van der Waals surface area contributed by atoms with Crippen molar-refractivity contribution in [2.75, 3.05) is 7.11 Å². The number of halogens is 1. The molecule has 0 spiro atoms. The molecule has 1 aliphatic carbocycles. The molecule has 5 heteroatoms. The highest BCUT2D eigenvalue weighted by Crippen LogP contribution is 2.48. The number of benzene rings is 1. The standard InChI is InChI=1S/C13H16ClNO3/c1-7-5-9(14)6-10(11(7)18-2)13(15,12(16)17)8-3-4-8/h5-6,8H,3-4,15H2,1-2H3,(H,16,17). The zero-order chi connectivity index (χ0) is 13.5. The van der Waals surface area contributed by atoms with Crippen molar-refractivity contribution in [2.24, 2.45) is 11.7 Å². The molecule has 0 amide bonds. The van der Waals surface area contributed by atoms with Gasteiger partial charge in [-0.15, -0.1) is 0 Å². The van der Waals surface area contributed by atoms with Gasteiger partial charge in [0.2, 0.25) is 0 Å². The predicted molar refractivity (Wildman–Crippen MR) is 69.0 cm³/mol. The average molecular weight is 270 g/mol. The molecule has 0 aromatic heterocycles. The van der Waals surface area contributed by atoms with Crippen molar-refractivity contribution in [2.45, 2.75) is 25.3 Å². The molecule has 1 unspecified atom stereocenters. The first kappa shape index (κ1) is 13.2. The first-order chi connectivity index (χ1) is 8.41. The van der Waals surface area contributed by atoms with E-state index in [1.165, 1.54) is 7.11 Å². The number of carboxylic acid groups (broad SMARTS) is 1. The summed E-state index contributed by atoms with van der Waals surface area (Å²) in [6, 6.07) is 3.33. The Balaban J connectivity index is 2.64. The van der Waals surface area contributed by atoms with Gasteiger partial charge in [-0.1, -0.05) is 11.6 Å². The van der Waals surface area contributed by atoms with Gasteiger partial charge in [0, 0.05) is 10.6 Å². The maximum atomic E-state index is 11.6. The Morgan fingerprint density at radius 1 is 1.56 bits per heavy atom. The second-order valence-corrected chi connectivity index (χ2v) is 5.19. The van der Waals surface area contributed by atoms with Crippen LogP contribution in [0.1, 0.15) is 24.0 Å². The quantitative estimate of drug-likeness (QED) is 0.880. The van der Waals surface area contributed by atoms with Crippen molar-refractivity contribution in [1.29, 1.82) is 0 Å². The third kappa shape index (κ3) is 1.95. The lowest BCUT2D eigenvalue weighted by Gasteiger charge is -2.28. The number of nitrogens with two attached hydrogens (primary N) is 1. The number of methoxy groups -OCH3 is 1. The Hall–Kier alpha value is -1.26. The molecule has 0 radical (unpaired) electrons. The highest BCUT2D eigenvalue weighted by Gasteiger charge is 2.51. The molecular weight excluding hydrogens is 254 g/mol. The third-order valence-electron chi connectivity index (χ3n) is 3.46. The van der Waals surface area contributed by atoms with Gasteiger partial charge in [-0.2, -0.15) is 0 Å². The number of rotatable bonds is 4. The summed E-state index contributed by atoms with van der Waals surface area (Å²) >= 11 is 6.01. The van der Waals surface area contributed by atoms with E-state index in [1.54, 1.807) is 12.1 Å². The van der Waals surface area contributed by atoms with Crippen LogP contribution in [0.3, 0.4) is 0 Å². The molecule has 0 bridgehead atoms. The summed E-state index contributed by atoms with van der Waals surface area (Å²) in [5, 5.41) is 9.95. The second-order valence-electron chi connectivity index (χ2n) is 4.75. The van der Waals surface area contributed by atoms with E-state index in [1.807, 2.05) is 6.92 Å². The molecule has 1 fully saturated rings. The fourth-order valence-corrected chi connectivity index (χ4v) is 2.63. The van der Waals surface area contributed by atoms with Crippen molar-refractivity contribution in [3.63, 3.8) is 0 Å². The first-order valence-electron chi connectivity index (χ1n) is 5.78. The summed E-state index contributed by atoms with van der Waals surface area (Å²) in [5.41, 5.74) is 5.98. The molecule has 98 valence electrons. The Morgan fingerprint density at radius 2 is 2.17 bits per heavy atom. The topological polar surface area (TPSA) is 72.5 Å². The summed E-state index contributed by atoms with van der Waals surface area (Å²) in [6.07, 6.45) is 1.63. The highest BCUT2D eigenvalue weighted by atomic mass is 35.5. The number of carboxylic acids is 1. The van der Waals surface area contributed by atoms with Gasteiger partial charge in [0.05, 0.1) is 7.11 Å². The lowest BCUT2D eigenvalue weighted by molar-refractivity contribution is -0.144. The van der Waals surface area contributed by atoms with Gasteiger partial charge >= 0.3 is 5.97 Å². The van der Waals surface area contributed by atoms with Crippen molar-refractivity contribution in [3.8, 4) is 5.75 Å². The summed E-state index contributed by atoms with van der Waals surface area (Å²) in [6.45, 7) is 1.82. The number of ether oxygens (including phenoxy) is 1. The molecule has 4 nitrogen and oxygen atoms in total. The van der Waals surface area contributed by atoms with Gasteiger partial charge in [0.15, 0.2) is 0 Å². The van der Waals surface area contributed by atoms with Crippen LogP contribution in [0.25, 0.3) is 0 Å². The van der Waals surface area contributed by atoms with E-state index in [-0.39, 0.29) is 5.92 Å². The van der Waals surface area contributed by atoms with Gasteiger partial charge < -0.3 is 15.6 Å². The fourth-order valence-electron chi connectivity index (χ4n) is 2.36. The normalized spacial score (nSPS) is 18.2. The molecular formula is C13H16ClNO3. The minimum atomic E-state index is -1.42. The van der Waals surface area contributed by atoms with Crippen LogP contribution < -0.4 is 10.5 Å². The Morgan fingerprint density at radius 3 is 2.61 bits per heavy atom. The summed E-state index contributed by atoms with van der Waals surface area (Å²) in [7, 11) is 1.51. The number of aliphatic carboxylic acids is 1. The van der Waals surface area contributed by atoms with Crippen molar-refractivity contribution in [3.05, 3.63) is 28.3 Å².